The van der Waals surface area contributed by atoms with Crippen molar-refractivity contribution in [3.05, 3.63) is 0 Å². The molecule has 3 fully saturated rings. The van der Waals surface area contributed by atoms with Crippen molar-refractivity contribution in [2.24, 2.45) is 11.8 Å². The molecule has 0 aromatic carbocycles. The second-order valence-corrected chi connectivity index (χ2v) is 8.19. The summed E-state index contributed by atoms with van der Waals surface area (Å²) in [6, 6.07) is 0.602. The largest absolute Gasteiger partial charge is 0.393 e. The van der Waals surface area contributed by atoms with E-state index >= 15 is 0 Å². The Labute approximate surface area is 146 Å². The summed E-state index contributed by atoms with van der Waals surface area (Å²) in [5, 5.41) is 10.3. The SMILES string of the molecule is CC1CCC(N(C)C(=O)CN2CCOC[C@@H]2[C@@H]2CCC[C@H]2O)CC1. The number of ether oxygens (including phenoxy) is 1. The van der Waals surface area contributed by atoms with Gasteiger partial charge in [-0.25, -0.2) is 0 Å². The van der Waals surface area contributed by atoms with Gasteiger partial charge in [-0.05, 0) is 44.4 Å². The Kier molecular flexibility index (Phi) is 6.17. The molecule has 138 valence electrons. The van der Waals surface area contributed by atoms with Crippen LogP contribution in [0.25, 0.3) is 0 Å². The third-order valence-corrected chi connectivity index (χ3v) is 6.57. The molecule has 3 aliphatic rings. The molecule has 0 spiro atoms. The lowest BCUT2D eigenvalue weighted by Gasteiger charge is -2.41. The van der Waals surface area contributed by atoms with E-state index in [0.717, 1.165) is 44.6 Å². The van der Waals surface area contributed by atoms with Crippen LogP contribution in [0, 0.1) is 11.8 Å². The van der Waals surface area contributed by atoms with Gasteiger partial charge in [-0.2, -0.15) is 0 Å². The van der Waals surface area contributed by atoms with Crippen LogP contribution in [0.3, 0.4) is 0 Å². The van der Waals surface area contributed by atoms with Gasteiger partial charge in [0.1, 0.15) is 0 Å². The highest BCUT2D eigenvalue weighted by atomic mass is 16.5. The predicted octanol–water partition coefficient (Wildman–Crippen LogP) is 1.89. The number of amides is 1. The van der Waals surface area contributed by atoms with E-state index in [1.807, 2.05) is 11.9 Å². The lowest BCUT2D eigenvalue weighted by molar-refractivity contribution is -0.137. The maximum absolute atomic E-state index is 12.8. The van der Waals surface area contributed by atoms with Crippen LogP contribution in [-0.4, -0.2) is 72.4 Å². The van der Waals surface area contributed by atoms with Crippen molar-refractivity contribution in [1.29, 1.82) is 0 Å². The fraction of sp³-hybridized carbons (Fsp3) is 0.947. The van der Waals surface area contributed by atoms with Crippen LogP contribution in [0.1, 0.15) is 51.9 Å². The summed E-state index contributed by atoms with van der Waals surface area (Å²) < 4.78 is 5.67. The number of carbonyl (C=O) groups excluding carboxylic acids is 1. The van der Waals surface area contributed by atoms with Gasteiger partial charge in [0.15, 0.2) is 0 Å². The third kappa shape index (κ3) is 4.12. The topological polar surface area (TPSA) is 53.0 Å². The van der Waals surface area contributed by atoms with Crippen LogP contribution in [0.15, 0.2) is 0 Å². The molecule has 3 rings (SSSR count). The summed E-state index contributed by atoms with van der Waals surface area (Å²) in [5.41, 5.74) is 0. The zero-order chi connectivity index (χ0) is 17.1. The first-order chi connectivity index (χ1) is 11.6. The number of morpholine rings is 1. The number of hydrogen-bond acceptors (Lipinski definition) is 4. The van der Waals surface area contributed by atoms with Crippen molar-refractivity contribution in [2.75, 3.05) is 33.4 Å². The van der Waals surface area contributed by atoms with E-state index in [1.165, 1.54) is 12.8 Å². The number of aliphatic hydroxyl groups excluding tert-OH is 1. The van der Waals surface area contributed by atoms with E-state index in [2.05, 4.69) is 11.8 Å². The maximum atomic E-state index is 12.8. The Morgan fingerprint density at radius 3 is 2.62 bits per heavy atom. The molecule has 1 saturated heterocycles. The van der Waals surface area contributed by atoms with Crippen LogP contribution in [0.4, 0.5) is 0 Å². The van der Waals surface area contributed by atoms with E-state index < -0.39 is 0 Å². The molecule has 1 N–H and O–H groups in total. The van der Waals surface area contributed by atoms with Crippen molar-refractivity contribution in [3.63, 3.8) is 0 Å². The van der Waals surface area contributed by atoms with Crippen LogP contribution >= 0.6 is 0 Å². The summed E-state index contributed by atoms with van der Waals surface area (Å²) >= 11 is 0. The third-order valence-electron chi connectivity index (χ3n) is 6.57. The first-order valence-electron chi connectivity index (χ1n) is 9.81. The molecular formula is C19H34N2O3. The summed E-state index contributed by atoms with van der Waals surface area (Å²) in [7, 11) is 1.98. The summed E-state index contributed by atoms with van der Waals surface area (Å²) in [6.45, 7) is 4.93. The molecular weight excluding hydrogens is 304 g/mol. The molecule has 2 saturated carbocycles. The molecule has 3 atom stereocenters. The van der Waals surface area contributed by atoms with Crippen LogP contribution in [0.5, 0.6) is 0 Å². The first-order valence-corrected chi connectivity index (χ1v) is 9.81. The molecule has 0 aromatic rings. The van der Waals surface area contributed by atoms with Crippen molar-refractivity contribution in [1.82, 2.24) is 9.80 Å². The van der Waals surface area contributed by atoms with Gasteiger partial charge in [0.2, 0.25) is 5.91 Å². The Hall–Kier alpha value is -0.650. The molecule has 0 unspecified atom stereocenters. The summed E-state index contributed by atoms with van der Waals surface area (Å²) in [4.78, 5) is 17.1. The molecule has 1 heterocycles. The van der Waals surface area contributed by atoms with Gasteiger partial charge < -0.3 is 14.7 Å². The summed E-state index contributed by atoms with van der Waals surface area (Å²) in [5.74, 6) is 1.30. The molecule has 5 heteroatoms. The van der Waals surface area contributed by atoms with E-state index in [9.17, 15) is 9.90 Å². The number of nitrogens with zero attached hydrogens (tertiary/aromatic N) is 2. The molecule has 0 bridgehead atoms. The van der Waals surface area contributed by atoms with Gasteiger partial charge in [0, 0.05) is 31.6 Å². The molecule has 1 aliphatic heterocycles. The van der Waals surface area contributed by atoms with Crippen molar-refractivity contribution >= 4 is 5.91 Å². The van der Waals surface area contributed by atoms with Crippen LogP contribution < -0.4 is 0 Å². The number of likely N-dealkylation sites (N-methyl/N-ethyl adjacent to an activating group) is 1. The monoisotopic (exact) mass is 338 g/mol. The molecule has 1 amide bonds. The Balaban J connectivity index is 1.57. The highest BCUT2D eigenvalue weighted by Crippen LogP contribution is 2.32. The van der Waals surface area contributed by atoms with Gasteiger partial charge in [0.25, 0.3) is 0 Å². The Morgan fingerprint density at radius 1 is 1.21 bits per heavy atom. The fourth-order valence-electron chi connectivity index (χ4n) is 4.78. The van der Waals surface area contributed by atoms with Crippen LogP contribution in [0.2, 0.25) is 0 Å². The van der Waals surface area contributed by atoms with Gasteiger partial charge in [0.05, 0.1) is 25.9 Å². The van der Waals surface area contributed by atoms with Gasteiger partial charge in [-0.1, -0.05) is 13.3 Å². The standard InChI is InChI=1S/C19H34N2O3/c1-14-6-8-15(9-7-14)20(2)19(23)12-21-10-11-24-13-17(21)16-4-3-5-18(16)22/h14-18,22H,3-13H2,1-2H3/t14?,15?,16-,17+,18+/m0/s1. The molecule has 0 aromatic heterocycles. The van der Waals surface area contributed by atoms with Gasteiger partial charge in [-0.3, -0.25) is 9.69 Å². The smallest absolute Gasteiger partial charge is 0.236 e. The molecule has 2 aliphatic carbocycles. The predicted molar refractivity (Wildman–Crippen MR) is 93.7 cm³/mol. The highest BCUT2D eigenvalue weighted by Gasteiger charge is 2.38. The second-order valence-electron chi connectivity index (χ2n) is 8.19. The minimum Gasteiger partial charge on any atom is -0.393 e. The molecule has 5 nitrogen and oxygen atoms in total. The van der Waals surface area contributed by atoms with Crippen LogP contribution in [-0.2, 0) is 9.53 Å². The molecule has 0 radical (unpaired) electrons. The van der Waals surface area contributed by atoms with E-state index in [1.54, 1.807) is 0 Å². The first kappa shape index (κ1) is 18.2. The fourth-order valence-corrected chi connectivity index (χ4v) is 4.78. The lowest BCUT2D eigenvalue weighted by atomic mass is 9.86. The highest BCUT2D eigenvalue weighted by molar-refractivity contribution is 5.78. The number of aliphatic hydroxyl groups is 1. The number of rotatable bonds is 4. The zero-order valence-corrected chi connectivity index (χ0v) is 15.3. The molecule has 24 heavy (non-hydrogen) atoms. The van der Waals surface area contributed by atoms with Crippen molar-refractivity contribution < 1.29 is 14.6 Å². The van der Waals surface area contributed by atoms with Crippen molar-refractivity contribution in [2.45, 2.75) is 70.1 Å². The summed E-state index contributed by atoms with van der Waals surface area (Å²) in [6.07, 6.45) is 7.54. The number of carbonyl (C=O) groups is 1. The Morgan fingerprint density at radius 2 is 1.96 bits per heavy atom. The normalized spacial score (nSPS) is 38.2. The van der Waals surface area contributed by atoms with Gasteiger partial charge in [-0.15, -0.1) is 0 Å². The average Bonchev–Trinajstić information content (AvgIpc) is 3.01. The van der Waals surface area contributed by atoms with E-state index in [0.29, 0.717) is 25.8 Å². The second kappa shape index (κ2) is 8.15. The lowest BCUT2D eigenvalue weighted by Crippen LogP contribution is -2.55. The minimum absolute atomic E-state index is 0.194. The van der Waals surface area contributed by atoms with E-state index in [4.69, 9.17) is 4.74 Å². The quantitative estimate of drug-likeness (QED) is 0.850. The van der Waals surface area contributed by atoms with Crippen molar-refractivity contribution in [3.8, 4) is 0 Å². The van der Waals surface area contributed by atoms with E-state index in [-0.39, 0.29) is 24.0 Å². The van der Waals surface area contributed by atoms with Gasteiger partial charge >= 0.3 is 0 Å². The number of hydrogen-bond donors (Lipinski definition) is 1. The zero-order valence-electron chi connectivity index (χ0n) is 15.3. The average molecular weight is 338 g/mol. The minimum atomic E-state index is -0.230. The Bertz CT molecular complexity index is 423. The maximum Gasteiger partial charge on any atom is 0.236 e.